The van der Waals surface area contributed by atoms with Crippen LogP contribution in [0.15, 0.2) is 23.0 Å². The number of rotatable bonds is 5. The second-order valence-electron chi connectivity index (χ2n) is 8.38. The molecule has 0 aliphatic carbocycles. The number of aryl methyl sites for hydroxylation is 2. The first-order valence-electron chi connectivity index (χ1n) is 9.43. The number of aromatic amines is 1. The van der Waals surface area contributed by atoms with Gasteiger partial charge in [0.15, 0.2) is 0 Å². The molecule has 1 saturated heterocycles. The molecule has 0 amide bonds. The van der Waals surface area contributed by atoms with Gasteiger partial charge in [-0.05, 0) is 70.4 Å². The van der Waals surface area contributed by atoms with Crippen LogP contribution in [0.4, 0.5) is 0 Å². The summed E-state index contributed by atoms with van der Waals surface area (Å²) in [5.41, 5.74) is 3.94. The first-order chi connectivity index (χ1) is 12.3. The number of H-pyrrole nitrogens is 1. The number of benzene rings is 1. The van der Waals surface area contributed by atoms with Crippen molar-refractivity contribution in [3.8, 4) is 0 Å². The highest BCUT2D eigenvalue weighted by Crippen LogP contribution is 2.31. The van der Waals surface area contributed by atoms with E-state index in [4.69, 9.17) is 0 Å². The quantitative estimate of drug-likeness (QED) is 0.862. The Hall–Kier alpha value is -1.69. The van der Waals surface area contributed by atoms with Crippen LogP contribution < -0.4 is 5.56 Å². The monoisotopic (exact) mass is 357 g/mol. The molecule has 0 bridgehead atoms. The average Bonchev–Trinajstić information content (AvgIpc) is 2.56. The number of aromatic nitrogens is 1. The fraction of sp³-hybridized carbons (Fsp3) is 0.571. The number of pyridine rings is 1. The molecule has 1 aliphatic rings. The van der Waals surface area contributed by atoms with Crippen molar-refractivity contribution in [1.82, 2.24) is 14.8 Å². The summed E-state index contributed by atoms with van der Waals surface area (Å²) in [5, 5.41) is 11.1. The summed E-state index contributed by atoms with van der Waals surface area (Å²) < 4.78 is 0. The molecule has 1 unspecified atom stereocenters. The summed E-state index contributed by atoms with van der Waals surface area (Å²) in [5.74, 6) is 0. The third-order valence-corrected chi connectivity index (χ3v) is 5.49. The Morgan fingerprint density at radius 2 is 2.04 bits per heavy atom. The lowest BCUT2D eigenvalue weighted by Gasteiger charge is -2.43. The summed E-state index contributed by atoms with van der Waals surface area (Å²) in [7, 11) is 4.10. The number of nitrogens with zero attached hydrogens (tertiary/aromatic N) is 2. The van der Waals surface area contributed by atoms with Crippen LogP contribution in [0.1, 0.15) is 29.5 Å². The molecule has 1 atom stereocenters. The summed E-state index contributed by atoms with van der Waals surface area (Å²) in [6, 6.07) is 6.26. The SMILES string of the molecule is Cc1cc(C)c2[nH]c(=O)c(CN3CCCC(CO)(CN(C)C)C3)cc2c1. The van der Waals surface area contributed by atoms with E-state index in [0.717, 1.165) is 54.5 Å². The standard InChI is InChI=1S/C21H31N3O2/c1-15-8-16(2)19-17(9-15)10-18(20(26)22-19)11-24-7-5-6-21(13-24,14-25)12-23(3)4/h8-10,25H,5-7,11-14H2,1-4H3,(H,22,26). The van der Waals surface area contributed by atoms with Crippen molar-refractivity contribution >= 4 is 10.9 Å². The maximum Gasteiger partial charge on any atom is 0.252 e. The molecule has 1 fully saturated rings. The molecule has 3 rings (SSSR count). The lowest BCUT2D eigenvalue weighted by atomic mass is 9.80. The van der Waals surface area contributed by atoms with Crippen LogP contribution in [0, 0.1) is 19.3 Å². The minimum Gasteiger partial charge on any atom is -0.396 e. The summed E-state index contributed by atoms with van der Waals surface area (Å²) >= 11 is 0. The average molecular weight is 357 g/mol. The molecule has 0 saturated carbocycles. The van der Waals surface area contributed by atoms with E-state index < -0.39 is 0 Å². The number of piperidine rings is 1. The van der Waals surface area contributed by atoms with Gasteiger partial charge in [-0.2, -0.15) is 0 Å². The van der Waals surface area contributed by atoms with E-state index >= 15 is 0 Å². The number of aliphatic hydroxyl groups is 1. The minimum absolute atomic E-state index is 0.00256. The third-order valence-electron chi connectivity index (χ3n) is 5.49. The smallest absolute Gasteiger partial charge is 0.252 e. The van der Waals surface area contributed by atoms with Crippen LogP contribution in [0.3, 0.4) is 0 Å². The van der Waals surface area contributed by atoms with E-state index in [0.29, 0.717) is 6.54 Å². The fourth-order valence-corrected chi connectivity index (χ4v) is 4.51. The Morgan fingerprint density at radius 3 is 2.73 bits per heavy atom. The molecule has 5 heteroatoms. The predicted molar refractivity (Wildman–Crippen MR) is 107 cm³/mol. The first kappa shape index (κ1) is 19.1. The minimum atomic E-state index is -0.0987. The zero-order valence-corrected chi connectivity index (χ0v) is 16.4. The lowest BCUT2D eigenvalue weighted by molar-refractivity contribution is 0.0104. The largest absolute Gasteiger partial charge is 0.396 e. The van der Waals surface area contributed by atoms with Crippen molar-refractivity contribution in [2.75, 3.05) is 40.3 Å². The molecular formula is C21H31N3O2. The maximum atomic E-state index is 12.6. The van der Waals surface area contributed by atoms with Crippen LogP contribution >= 0.6 is 0 Å². The van der Waals surface area contributed by atoms with Crippen LogP contribution in [0.5, 0.6) is 0 Å². The van der Waals surface area contributed by atoms with Crippen molar-refractivity contribution in [1.29, 1.82) is 0 Å². The Bertz CT molecular complexity index is 843. The first-order valence-corrected chi connectivity index (χ1v) is 9.43. The molecule has 2 N–H and O–H groups in total. The van der Waals surface area contributed by atoms with Gasteiger partial charge in [-0.3, -0.25) is 9.69 Å². The Kier molecular flexibility index (Phi) is 5.51. The molecule has 5 nitrogen and oxygen atoms in total. The predicted octanol–water partition coefficient (Wildman–Crippen LogP) is 2.28. The molecule has 142 valence electrons. The van der Waals surface area contributed by atoms with Gasteiger partial charge >= 0.3 is 0 Å². The van der Waals surface area contributed by atoms with Crippen molar-refractivity contribution in [2.24, 2.45) is 5.41 Å². The second-order valence-corrected chi connectivity index (χ2v) is 8.38. The van der Waals surface area contributed by atoms with E-state index in [2.05, 4.69) is 47.9 Å². The van der Waals surface area contributed by atoms with Crippen molar-refractivity contribution < 1.29 is 5.11 Å². The molecule has 2 aromatic rings. The Balaban J connectivity index is 1.86. The molecule has 1 aromatic heterocycles. The van der Waals surface area contributed by atoms with Crippen molar-refractivity contribution in [3.05, 3.63) is 45.2 Å². The van der Waals surface area contributed by atoms with Gasteiger partial charge in [0, 0.05) is 30.6 Å². The zero-order chi connectivity index (χ0) is 18.9. The van der Waals surface area contributed by atoms with Gasteiger partial charge in [0.1, 0.15) is 0 Å². The van der Waals surface area contributed by atoms with Gasteiger partial charge in [-0.25, -0.2) is 0 Å². The molecule has 0 spiro atoms. The van der Waals surface area contributed by atoms with E-state index in [-0.39, 0.29) is 17.6 Å². The van der Waals surface area contributed by atoms with Crippen LogP contribution in [0.2, 0.25) is 0 Å². The van der Waals surface area contributed by atoms with Gasteiger partial charge in [0.2, 0.25) is 0 Å². The van der Waals surface area contributed by atoms with Crippen LogP contribution in [-0.4, -0.2) is 60.2 Å². The molecule has 0 radical (unpaired) electrons. The van der Waals surface area contributed by atoms with Gasteiger partial charge in [-0.1, -0.05) is 11.6 Å². The van der Waals surface area contributed by atoms with Gasteiger partial charge in [-0.15, -0.1) is 0 Å². The van der Waals surface area contributed by atoms with E-state index in [1.807, 2.05) is 13.0 Å². The normalized spacial score (nSPS) is 21.6. The van der Waals surface area contributed by atoms with Crippen LogP contribution in [-0.2, 0) is 6.54 Å². The fourth-order valence-electron chi connectivity index (χ4n) is 4.51. The second kappa shape index (κ2) is 7.51. The van der Waals surface area contributed by atoms with Gasteiger partial charge < -0.3 is 15.0 Å². The number of fused-ring (bicyclic) bond motifs is 1. The summed E-state index contributed by atoms with van der Waals surface area (Å²) in [4.78, 5) is 20.2. The number of hydrogen-bond donors (Lipinski definition) is 2. The number of hydrogen-bond acceptors (Lipinski definition) is 4. The van der Waals surface area contributed by atoms with E-state index in [9.17, 15) is 9.90 Å². The third kappa shape index (κ3) is 4.00. The number of nitrogens with one attached hydrogen (secondary N) is 1. The van der Waals surface area contributed by atoms with Crippen LogP contribution in [0.25, 0.3) is 10.9 Å². The molecule has 26 heavy (non-hydrogen) atoms. The highest BCUT2D eigenvalue weighted by molar-refractivity contribution is 5.82. The lowest BCUT2D eigenvalue weighted by Crippen LogP contribution is -2.50. The summed E-state index contributed by atoms with van der Waals surface area (Å²) in [6.45, 7) is 7.60. The Morgan fingerprint density at radius 1 is 1.27 bits per heavy atom. The Labute approximate surface area is 155 Å². The summed E-state index contributed by atoms with van der Waals surface area (Å²) in [6.07, 6.45) is 2.09. The highest BCUT2D eigenvalue weighted by Gasteiger charge is 2.35. The number of likely N-dealkylation sites (tertiary alicyclic amines) is 1. The van der Waals surface area contributed by atoms with Crippen molar-refractivity contribution in [3.63, 3.8) is 0 Å². The van der Waals surface area contributed by atoms with E-state index in [1.54, 1.807) is 0 Å². The van der Waals surface area contributed by atoms with E-state index in [1.165, 1.54) is 5.56 Å². The molecule has 1 aromatic carbocycles. The molecule has 1 aliphatic heterocycles. The number of aliphatic hydroxyl groups excluding tert-OH is 1. The van der Waals surface area contributed by atoms with Crippen molar-refractivity contribution in [2.45, 2.75) is 33.2 Å². The molecule has 2 heterocycles. The zero-order valence-electron chi connectivity index (χ0n) is 16.4. The van der Waals surface area contributed by atoms with Gasteiger partial charge in [0.05, 0.1) is 12.1 Å². The highest BCUT2D eigenvalue weighted by atomic mass is 16.3. The maximum absolute atomic E-state index is 12.6. The van der Waals surface area contributed by atoms with Gasteiger partial charge in [0.25, 0.3) is 5.56 Å². The molecular weight excluding hydrogens is 326 g/mol. The topological polar surface area (TPSA) is 59.6 Å².